The molecule has 1 saturated heterocycles. The maximum Gasteiger partial charge on any atom is 0.409 e. The molecule has 0 spiro atoms. The third-order valence-electron chi connectivity index (χ3n) is 4.10. The summed E-state index contributed by atoms with van der Waals surface area (Å²) < 4.78 is 5.06. The molecule has 0 aromatic heterocycles. The second-order valence-corrected chi connectivity index (χ2v) is 5.20. The lowest BCUT2D eigenvalue weighted by atomic mass is 9.80. The Kier molecular flexibility index (Phi) is 4.26. The van der Waals surface area contributed by atoms with E-state index in [0.717, 1.165) is 44.6 Å². The van der Waals surface area contributed by atoms with E-state index in [1.165, 1.54) is 12.8 Å². The lowest BCUT2D eigenvalue weighted by Crippen LogP contribution is -2.47. The van der Waals surface area contributed by atoms with Crippen LogP contribution < -0.4 is 0 Å². The molecule has 1 heterocycles. The van der Waals surface area contributed by atoms with Gasteiger partial charge in [-0.25, -0.2) is 4.79 Å². The van der Waals surface area contributed by atoms with Crippen LogP contribution >= 0.6 is 0 Å². The molecule has 4 heteroatoms. The van der Waals surface area contributed by atoms with Crippen molar-refractivity contribution >= 4 is 6.09 Å². The molecule has 1 aliphatic carbocycles. The number of carbonyl (C=O) groups is 1. The number of ether oxygens (including phenoxy) is 1. The Morgan fingerprint density at radius 2 is 2.06 bits per heavy atom. The predicted molar refractivity (Wildman–Crippen MR) is 67.0 cm³/mol. The van der Waals surface area contributed by atoms with Crippen LogP contribution in [0.3, 0.4) is 0 Å². The van der Waals surface area contributed by atoms with Crippen molar-refractivity contribution in [2.24, 2.45) is 5.92 Å². The molecule has 1 unspecified atom stereocenters. The van der Waals surface area contributed by atoms with Gasteiger partial charge in [-0.15, -0.1) is 0 Å². The van der Waals surface area contributed by atoms with E-state index < -0.39 is 0 Å². The molecule has 0 aromatic rings. The summed E-state index contributed by atoms with van der Waals surface area (Å²) in [7, 11) is 0. The average Bonchev–Trinajstić information content (AvgIpc) is 2.53. The van der Waals surface area contributed by atoms with Crippen molar-refractivity contribution < 1.29 is 9.53 Å². The highest BCUT2D eigenvalue weighted by molar-refractivity contribution is 5.67. The first-order valence-electron chi connectivity index (χ1n) is 6.88. The third kappa shape index (κ3) is 2.92. The number of rotatable bonds is 2. The summed E-state index contributed by atoms with van der Waals surface area (Å²) in [4.78, 5) is 16.1. The highest BCUT2D eigenvalue weighted by atomic mass is 16.6. The average molecular weight is 240 g/mol. The Hall–Kier alpha value is -0.770. The molecule has 4 nitrogen and oxygen atoms in total. The van der Waals surface area contributed by atoms with Crippen molar-refractivity contribution in [3.8, 4) is 0 Å². The van der Waals surface area contributed by atoms with Crippen LogP contribution in [0.25, 0.3) is 0 Å². The molecule has 0 bridgehead atoms. The highest BCUT2D eigenvalue weighted by Gasteiger charge is 2.33. The molecule has 1 aliphatic heterocycles. The zero-order chi connectivity index (χ0) is 12.3. The molecule has 2 rings (SSSR count). The molecule has 2 aliphatic rings. The van der Waals surface area contributed by atoms with E-state index >= 15 is 0 Å². The summed E-state index contributed by atoms with van der Waals surface area (Å²) in [6, 6.07) is 0.761. The molecule has 0 N–H and O–H groups in total. The topological polar surface area (TPSA) is 32.8 Å². The Bertz CT molecular complexity index is 270. The Balaban J connectivity index is 1.82. The molecular formula is C13H24N2O2. The minimum absolute atomic E-state index is 0.143. The van der Waals surface area contributed by atoms with E-state index in [4.69, 9.17) is 4.74 Å². The predicted octanol–water partition coefficient (Wildman–Crippen LogP) is 1.95. The van der Waals surface area contributed by atoms with Gasteiger partial charge in [0.1, 0.15) is 0 Å². The molecule has 2 fully saturated rings. The fourth-order valence-electron chi connectivity index (χ4n) is 2.86. The normalized spacial score (nSPS) is 30.6. The second-order valence-electron chi connectivity index (χ2n) is 5.20. The van der Waals surface area contributed by atoms with E-state index in [9.17, 15) is 4.79 Å². The summed E-state index contributed by atoms with van der Waals surface area (Å²) in [5, 5.41) is 0. The van der Waals surface area contributed by atoms with Crippen LogP contribution in [-0.2, 0) is 4.74 Å². The summed E-state index contributed by atoms with van der Waals surface area (Å²) in [5.74, 6) is 0.837. The van der Waals surface area contributed by atoms with Crippen LogP contribution in [0.4, 0.5) is 4.79 Å². The van der Waals surface area contributed by atoms with Gasteiger partial charge >= 0.3 is 6.09 Å². The first-order valence-corrected chi connectivity index (χ1v) is 6.88. The molecule has 2 atom stereocenters. The lowest BCUT2D eigenvalue weighted by molar-refractivity contribution is 0.0727. The zero-order valence-electron chi connectivity index (χ0n) is 11.0. The Morgan fingerprint density at radius 1 is 1.24 bits per heavy atom. The van der Waals surface area contributed by atoms with E-state index in [2.05, 4.69) is 11.8 Å². The van der Waals surface area contributed by atoms with Gasteiger partial charge in [0.2, 0.25) is 0 Å². The largest absolute Gasteiger partial charge is 0.450 e. The van der Waals surface area contributed by atoms with Crippen molar-refractivity contribution in [2.75, 3.05) is 32.8 Å². The van der Waals surface area contributed by atoms with Crippen LogP contribution in [0.2, 0.25) is 0 Å². The van der Waals surface area contributed by atoms with Crippen molar-refractivity contribution in [1.29, 1.82) is 0 Å². The van der Waals surface area contributed by atoms with Crippen LogP contribution in [-0.4, -0.2) is 54.7 Å². The molecule has 98 valence electrons. The van der Waals surface area contributed by atoms with Gasteiger partial charge in [0.05, 0.1) is 6.61 Å². The van der Waals surface area contributed by atoms with Gasteiger partial charge in [0.15, 0.2) is 0 Å². The lowest BCUT2D eigenvalue weighted by Gasteiger charge is -2.42. The SMILES string of the molecule is CCOC(=O)N1CCCN([C@@H]2CCC2C)CC1. The fraction of sp³-hybridized carbons (Fsp3) is 0.923. The maximum atomic E-state index is 11.7. The van der Waals surface area contributed by atoms with Gasteiger partial charge in [-0.2, -0.15) is 0 Å². The summed E-state index contributed by atoms with van der Waals surface area (Å²) in [5.41, 5.74) is 0. The zero-order valence-corrected chi connectivity index (χ0v) is 11.0. The molecule has 0 aromatic carbocycles. The quantitative estimate of drug-likeness (QED) is 0.739. The second kappa shape index (κ2) is 5.71. The summed E-state index contributed by atoms with van der Waals surface area (Å²) in [6.45, 7) is 8.47. The fourth-order valence-corrected chi connectivity index (χ4v) is 2.86. The van der Waals surface area contributed by atoms with Crippen LogP contribution in [0, 0.1) is 5.92 Å². The first-order chi connectivity index (χ1) is 8.22. The molecular weight excluding hydrogens is 216 g/mol. The molecule has 0 radical (unpaired) electrons. The van der Waals surface area contributed by atoms with E-state index in [1.54, 1.807) is 0 Å². The van der Waals surface area contributed by atoms with Gasteiger partial charge in [-0.05, 0) is 32.1 Å². The van der Waals surface area contributed by atoms with Gasteiger partial charge in [-0.1, -0.05) is 6.92 Å². The number of hydrogen-bond acceptors (Lipinski definition) is 3. The Morgan fingerprint density at radius 3 is 2.65 bits per heavy atom. The van der Waals surface area contributed by atoms with Crippen molar-refractivity contribution in [3.05, 3.63) is 0 Å². The smallest absolute Gasteiger partial charge is 0.409 e. The van der Waals surface area contributed by atoms with Gasteiger partial charge < -0.3 is 9.64 Å². The first kappa shape index (κ1) is 12.7. The van der Waals surface area contributed by atoms with Crippen molar-refractivity contribution in [2.45, 2.75) is 39.2 Å². The van der Waals surface area contributed by atoms with Gasteiger partial charge in [0, 0.05) is 32.2 Å². The molecule has 1 amide bonds. The maximum absolute atomic E-state index is 11.7. The number of nitrogens with zero attached hydrogens (tertiary/aromatic N) is 2. The summed E-state index contributed by atoms with van der Waals surface area (Å²) in [6.07, 6.45) is 3.63. The van der Waals surface area contributed by atoms with Crippen LogP contribution in [0.1, 0.15) is 33.1 Å². The van der Waals surface area contributed by atoms with Gasteiger partial charge in [0.25, 0.3) is 0 Å². The van der Waals surface area contributed by atoms with E-state index in [0.29, 0.717) is 6.61 Å². The number of amides is 1. The molecule has 1 saturated carbocycles. The van der Waals surface area contributed by atoms with Crippen LogP contribution in [0.5, 0.6) is 0 Å². The molecule has 17 heavy (non-hydrogen) atoms. The minimum Gasteiger partial charge on any atom is -0.450 e. The Labute approximate surface area is 104 Å². The third-order valence-corrected chi connectivity index (χ3v) is 4.10. The van der Waals surface area contributed by atoms with Crippen molar-refractivity contribution in [3.63, 3.8) is 0 Å². The monoisotopic (exact) mass is 240 g/mol. The van der Waals surface area contributed by atoms with Gasteiger partial charge in [-0.3, -0.25) is 4.90 Å². The minimum atomic E-state index is -0.143. The number of hydrogen-bond donors (Lipinski definition) is 0. The summed E-state index contributed by atoms with van der Waals surface area (Å²) >= 11 is 0. The number of carbonyl (C=O) groups excluding carboxylic acids is 1. The van der Waals surface area contributed by atoms with Crippen molar-refractivity contribution in [1.82, 2.24) is 9.80 Å². The standard InChI is InChI=1S/C13H24N2O2/c1-3-17-13(16)15-8-4-7-14(9-10-15)12-6-5-11(12)2/h11-12H,3-10H2,1-2H3/t11?,12-/m1/s1. The highest BCUT2D eigenvalue weighted by Crippen LogP contribution is 2.31. The van der Waals surface area contributed by atoms with E-state index in [-0.39, 0.29) is 6.09 Å². The van der Waals surface area contributed by atoms with E-state index in [1.807, 2.05) is 11.8 Å². The van der Waals surface area contributed by atoms with Crippen LogP contribution in [0.15, 0.2) is 0 Å².